The second-order valence-electron chi connectivity index (χ2n) is 4.47. The van der Waals surface area contributed by atoms with Crippen molar-refractivity contribution in [2.45, 2.75) is 26.7 Å². The van der Waals surface area contributed by atoms with Crippen molar-refractivity contribution in [2.75, 3.05) is 0 Å². The summed E-state index contributed by atoms with van der Waals surface area (Å²) in [6.07, 6.45) is 14.2. The van der Waals surface area contributed by atoms with Gasteiger partial charge in [-0.2, -0.15) is 0 Å². The first-order chi connectivity index (χ1) is 6.27. The topological polar surface area (TPSA) is 0 Å². The summed E-state index contributed by atoms with van der Waals surface area (Å²) < 4.78 is 0. The van der Waals surface area contributed by atoms with Crippen LogP contribution in [0.3, 0.4) is 0 Å². The molecule has 0 N–H and O–H groups in total. The van der Waals surface area contributed by atoms with Crippen LogP contribution in [0, 0.1) is 17.8 Å². The summed E-state index contributed by atoms with van der Waals surface area (Å²) in [5.74, 6) is 2.18. The molecule has 2 atom stereocenters. The summed E-state index contributed by atoms with van der Waals surface area (Å²) in [5.41, 5.74) is 1.64. The lowest BCUT2D eigenvalue weighted by Crippen LogP contribution is -2.16. The van der Waals surface area contributed by atoms with Gasteiger partial charge in [-0.3, -0.25) is 0 Å². The molecular formula is C13H18. The molecule has 2 rings (SSSR count). The largest absolute Gasteiger partial charge is 0.0839 e. The van der Waals surface area contributed by atoms with Gasteiger partial charge in [0.05, 0.1) is 0 Å². The lowest BCUT2D eigenvalue weighted by molar-refractivity contribution is 0.440. The van der Waals surface area contributed by atoms with E-state index in [-0.39, 0.29) is 0 Å². The molecule has 13 heavy (non-hydrogen) atoms. The molecule has 70 valence electrons. The van der Waals surface area contributed by atoms with Crippen molar-refractivity contribution in [2.24, 2.45) is 17.8 Å². The maximum absolute atomic E-state index is 2.41. The number of fused-ring (bicyclic) bond motifs is 1. The van der Waals surface area contributed by atoms with E-state index in [0.717, 1.165) is 18.3 Å². The molecule has 0 aliphatic heterocycles. The van der Waals surface area contributed by atoms with E-state index >= 15 is 0 Å². The van der Waals surface area contributed by atoms with E-state index in [1.54, 1.807) is 5.57 Å². The van der Waals surface area contributed by atoms with Crippen LogP contribution < -0.4 is 0 Å². The van der Waals surface area contributed by atoms with E-state index < -0.39 is 0 Å². The fraction of sp³-hybridized carbons (Fsp3) is 0.538. The van der Waals surface area contributed by atoms with Crippen molar-refractivity contribution >= 4 is 0 Å². The third-order valence-corrected chi connectivity index (χ3v) is 3.18. The van der Waals surface area contributed by atoms with Gasteiger partial charge in [-0.15, -0.1) is 0 Å². The van der Waals surface area contributed by atoms with Crippen LogP contribution in [-0.2, 0) is 0 Å². The lowest BCUT2D eigenvalue weighted by atomic mass is 9.77. The van der Waals surface area contributed by atoms with E-state index in [1.165, 1.54) is 6.42 Å². The Morgan fingerprint density at radius 2 is 2.08 bits per heavy atom. The molecular weight excluding hydrogens is 156 g/mol. The van der Waals surface area contributed by atoms with Crippen LogP contribution in [0.4, 0.5) is 0 Å². The van der Waals surface area contributed by atoms with Gasteiger partial charge in [-0.1, -0.05) is 49.8 Å². The molecule has 0 radical (unpaired) electrons. The van der Waals surface area contributed by atoms with Crippen LogP contribution >= 0.6 is 0 Å². The molecule has 0 aromatic carbocycles. The molecule has 2 unspecified atom stereocenters. The van der Waals surface area contributed by atoms with Gasteiger partial charge in [0.2, 0.25) is 0 Å². The Morgan fingerprint density at radius 1 is 1.23 bits per heavy atom. The first kappa shape index (κ1) is 8.80. The zero-order valence-corrected chi connectivity index (χ0v) is 8.53. The van der Waals surface area contributed by atoms with Gasteiger partial charge in [0.25, 0.3) is 0 Å². The molecule has 0 saturated carbocycles. The van der Waals surface area contributed by atoms with Gasteiger partial charge >= 0.3 is 0 Å². The maximum atomic E-state index is 2.41. The smallest absolute Gasteiger partial charge is 0.0157 e. The van der Waals surface area contributed by atoms with Crippen molar-refractivity contribution in [1.29, 1.82) is 0 Å². The van der Waals surface area contributed by atoms with Crippen molar-refractivity contribution in [3.05, 3.63) is 36.0 Å². The van der Waals surface area contributed by atoms with Crippen LogP contribution in [-0.4, -0.2) is 0 Å². The van der Waals surface area contributed by atoms with E-state index in [0.29, 0.717) is 5.92 Å². The zero-order chi connectivity index (χ0) is 9.26. The van der Waals surface area contributed by atoms with E-state index in [1.807, 2.05) is 0 Å². The third kappa shape index (κ3) is 1.77. The van der Waals surface area contributed by atoms with E-state index in [2.05, 4.69) is 44.2 Å². The molecule has 0 spiro atoms. The number of allylic oxidation sites excluding steroid dienone is 6. The molecule has 0 heteroatoms. The Labute approximate surface area is 81.0 Å². The molecule has 2 aliphatic carbocycles. The summed E-state index contributed by atoms with van der Waals surface area (Å²) in [5, 5.41) is 0. The summed E-state index contributed by atoms with van der Waals surface area (Å²) in [4.78, 5) is 0. The first-order valence-corrected chi connectivity index (χ1v) is 5.31. The summed E-state index contributed by atoms with van der Waals surface area (Å²) in [6.45, 7) is 4.63. The lowest BCUT2D eigenvalue weighted by Gasteiger charge is -2.28. The van der Waals surface area contributed by atoms with Crippen LogP contribution in [0.5, 0.6) is 0 Å². The molecule has 0 saturated heterocycles. The SMILES string of the molecule is CC(C)C1C=CC2C=CCC=C2C1. The van der Waals surface area contributed by atoms with Crippen LogP contribution in [0.1, 0.15) is 26.7 Å². The van der Waals surface area contributed by atoms with Crippen LogP contribution in [0.15, 0.2) is 36.0 Å². The van der Waals surface area contributed by atoms with Gasteiger partial charge < -0.3 is 0 Å². The van der Waals surface area contributed by atoms with Gasteiger partial charge in [-0.05, 0) is 24.7 Å². The number of hydrogen-bond donors (Lipinski definition) is 0. The Hall–Kier alpha value is -0.780. The summed E-state index contributed by atoms with van der Waals surface area (Å²) >= 11 is 0. The average molecular weight is 174 g/mol. The summed E-state index contributed by atoms with van der Waals surface area (Å²) in [7, 11) is 0. The van der Waals surface area contributed by atoms with E-state index in [9.17, 15) is 0 Å². The molecule has 0 nitrogen and oxygen atoms in total. The predicted octanol–water partition coefficient (Wildman–Crippen LogP) is 3.72. The third-order valence-electron chi connectivity index (χ3n) is 3.18. The van der Waals surface area contributed by atoms with Gasteiger partial charge in [0.15, 0.2) is 0 Å². The van der Waals surface area contributed by atoms with Crippen molar-refractivity contribution < 1.29 is 0 Å². The normalized spacial score (nSPS) is 31.8. The fourth-order valence-corrected chi connectivity index (χ4v) is 2.17. The molecule has 0 aromatic rings. The predicted molar refractivity (Wildman–Crippen MR) is 57.4 cm³/mol. The zero-order valence-electron chi connectivity index (χ0n) is 8.53. The highest BCUT2D eigenvalue weighted by atomic mass is 14.3. The number of rotatable bonds is 1. The second-order valence-corrected chi connectivity index (χ2v) is 4.47. The van der Waals surface area contributed by atoms with Crippen molar-refractivity contribution in [3.63, 3.8) is 0 Å². The average Bonchev–Trinajstić information content (AvgIpc) is 2.17. The molecule has 0 amide bonds. The number of hydrogen-bond acceptors (Lipinski definition) is 0. The summed E-state index contributed by atoms with van der Waals surface area (Å²) in [6, 6.07) is 0. The quantitative estimate of drug-likeness (QED) is 0.531. The highest BCUT2D eigenvalue weighted by Crippen LogP contribution is 2.34. The van der Waals surface area contributed by atoms with Crippen LogP contribution in [0.2, 0.25) is 0 Å². The Balaban J connectivity index is 2.16. The highest BCUT2D eigenvalue weighted by Gasteiger charge is 2.21. The van der Waals surface area contributed by atoms with Crippen LogP contribution in [0.25, 0.3) is 0 Å². The van der Waals surface area contributed by atoms with Gasteiger partial charge in [0.1, 0.15) is 0 Å². The minimum absolute atomic E-state index is 0.628. The Morgan fingerprint density at radius 3 is 2.85 bits per heavy atom. The minimum Gasteiger partial charge on any atom is -0.0839 e. The van der Waals surface area contributed by atoms with E-state index in [4.69, 9.17) is 0 Å². The maximum Gasteiger partial charge on any atom is 0.0157 e. The van der Waals surface area contributed by atoms with Gasteiger partial charge in [0, 0.05) is 5.92 Å². The van der Waals surface area contributed by atoms with Gasteiger partial charge in [-0.25, -0.2) is 0 Å². The highest BCUT2D eigenvalue weighted by molar-refractivity contribution is 5.29. The Bertz CT molecular complexity index is 266. The second kappa shape index (κ2) is 3.53. The standard InChI is InChI=1S/C13H18/c1-10(2)12-8-7-11-5-3-4-6-13(11)9-12/h3,5-8,10-12H,4,9H2,1-2H3. The minimum atomic E-state index is 0.628. The molecule has 2 aliphatic rings. The molecule has 0 bridgehead atoms. The monoisotopic (exact) mass is 174 g/mol. The molecule has 0 heterocycles. The molecule has 0 aromatic heterocycles. The van der Waals surface area contributed by atoms with Crippen molar-refractivity contribution in [3.8, 4) is 0 Å². The first-order valence-electron chi connectivity index (χ1n) is 5.31. The fourth-order valence-electron chi connectivity index (χ4n) is 2.17. The Kier molecular flexibility index (Phi) is 2.39. The van der Waals surface area contributed by atoms with Crippen molar-refractivity contribution in [1.82, 2.24) is 0 Å². The molecule has 0 fully saturated rings.